The lowest BCUT2D eigenvalue weighted by Crippen LogP contribution is -2.19. The second kappa shape index (κ2) is 6.14. The van der Waals surface area contributed by atoms with Crippen LogP contribution in [-0.4, -0.2) is 17.1 Å². The fourth-order valence-electron chi connectivity index (χ4n) is 1.55. The molecule has 1 rings (SSSR count). The standard InChI is InChI=1S/C12H13ClF3NO2/c1-7(2-5-11(18)19)17-10-4-3-8(13)6-9(10)12(14,15)16/h3-4,6-7,17H,2,5H2,1H3,(H,18,19). The van der Waals surface area contributed by atoms with E-state index in [4.69, 9.17) is 16.7 Å². The summed E-state index contributed by atoms with van der Waals surface area (Å²) in [5.41, 5.74) is -0.961. The van der Waals surface area contributed by atoms with Gasteiger partial charge in [0.25, 0.3) is 0 Å². The Kier molecular flexibility index (Phi) is 5.05. The third-order valence-electron chi connectivity index (χ3n) is 2.48. The second-order valence-electron chi connectivity index (χ2n) is 4.17. The van der Waals surface area contributed by atoms with Crippen molar-refractivity contribution < 1.29 is 23.1 Å². The Labute approximate surface area is 113 Å². The number of carboxylic acid groups (broad SMARTS) is 1. The maximum atomic E-state index is 12.8. The second-order valence-corrected chi connectivity index (χ2v) is 4.60. The van der Waals surface area contributed by atoms with Crippen molar-refractivity contribution in [1.82, 2.24) is 0 Å². The number of anilines is 1. The predicted molar refractivity (Wildman–Crippen MR) is 66.4 cm³/mol. The average molecular weight is 296 g/mol. The molecule has 0 amide bonds. The lowest BCUT2D eigenvalue weighted by Gasteiger charge is -2.19. The van der Waals surface area contributed by atoms with E-state index in [-0.39, 0.29) is 23.6 Å². The van der Waals surface area contributed by atoms with Gasteiger partial charge in [-0.1, -0.05) is 11.6 Å². The monoisotopic (exact) mass is 295 g/mol. The van der Waals surface area contributed by atoms with Gasteiger partial charge >= 0.3 is 12.1 Å². The van der Waals surface area contributed by atoms with Crippen LogP contribution < -0.4 is 5.32 Å². The van der Waals surface area contributed by atoms with Crippen LogP contribution in [0.3, 0.4) is 0 Å². The highest BCUT2D eigenvalue weighted by molar-refractivity contribution is 6.30. The number of carbonyl (C=O) groups is 1. The summed E-state index contributed by atoms with van der Waals surface area (Å²) in [6, 6.07) is 3.04. The van der Waals surface area contributed by atoms with Gasteiger partial charge < -0.3 is 10.4 Å². The van der Waals surface area contributed by atoms with E-state index in [1.165, 1.54) is 12.1 Å². The molecule has 0 bridgehead atoms. The molecule has 106 valence electrons. The summed E-state index contributed by atoms with van der Waals surface area (Å²) >= 11 is 5.56. The van der Waals surface area contributed by atoms with Crippen LogP contribution in [-0.2, 0) is 11.0 Å². The molecule has 1 aromatic rings. The molecule has 0 saturated heterocycles. The molecule has 0 aliphatic carbocycles. The molecule has 0 radical (unpaired) electrons. The van der Waals surface area contributed by atoms with Crippen molar-refractivity contribution in [2.45, 2.75) is 32.0 Å². The Hall–Kier alpha value is -1.43. The number of hydrogen-bond acceptors (Lipinski definition) is 2. The molecule has 0 heterocycles. The van der Waals surface area contributed by atoms with E-state index in [0.29, 0.717) is 0 Å². The molecule has 19 heavy (non-hydrogen) atoms. The van der Waals surface area contributed by atoms with E-state index in [1.54, 1.807) is 6.92 Å². The van der Waals surface area contributed by atoms with Gasteiger partial charge in [-0.3, -0.25) is 4.79 Å². The summed E-state index contributed by atoms with van der Waals surface area (Å²) in [6.07, 6.45) is -4.39. The van der Waals surface area contributed by atoms with E-state index in [9.17, 15) is 18.0 Å². The van der Waals surface area contributed by atoms with Crippen LogP contribution in [0.5, 0.6) is 0 Å². The molecular weight excluding hydrogens is 283 g/mol. The molecule has 0 spiro atoms. The van der Waals surface area contributed by atoms with Crippen molar-refractivity contribution in [2.24, 2.45) is 0 Å². The van der Waals surface area contributed by atoms with Gasteiger partial charge in [0.05, 0.1) is 5.56 Å². The number of alkyl halides is 3. The van der Waals surface area contributed by atoms with E-state index in [0.717, 1.165) is 6.07 Å². The Morgan fingerprint density at radius 3 is 2.63 bits per heavy atom. The first-order chi connectivity index (χ1) is 8.70. The van der Waals surface area contributed by atoms with Crippen molar-refractivity contribution in [1.29, 1.82) is 0 Å². The predicted octanol–water partition coefficient (Wildman–Crippen LogP) is 4.02. The molecule has 1 atom stereocenters. The Morgan fingerprint density at radius 1 is 1.47 bits per heavy atom. The van der Waals surface area contributed by atoms with Crippen LogP contribution in [0.2, 0.25) is 5.02 Å². The molecule has 0 saturated carbocycles. The minimum Gasteiger partial charge on any atom is -0.481 e. The number of hydrogen-bond donors (Lipinski definition) is 2. The number of rotatable bonds is 5. The summed E-state index contributed by atoms with van der Waals surface area (Å²) in [5, 5.41) is 11.2. The summed E-state index contributed by atoms with van der Waals surface area (Å²) < 4.78 is 38.4. The minimum absolute atomic E-state index is 0.00364. The largest absolute Gasteiger partial charge is 0.481 e. The molecule has 1 aromatic carbocycles. The zero-order chi connectivity index (χ0) is 14.6. The Morgan fingerprint density at radius 2 is 2.11 bits per heavy atom. The van der Waals surface area contributed by atoms with E-state index < -0.39 is 23.8 Å². The van der Waals surface area contributed by atoms with Crippen molar-refractivity contribution in [2.75, 3.05) is 5.32 Å². The lowest BCUT2D eigenvalue weighted by molar-refractivity contribution is -0.138. The highest BCUT2D eigenvalue weighted by atomic mass is 35.5. The number of halogens is 4. The van der Waals surface area contributed by atoms with Crippen LogP contribution in [0.4, 0.5) is 18.9 Å². The maximum absolute atomic E-state index is 12.8. The lowest BCUT2D eigenvalue weighted by atomic mass is 10.1. The van der Waals surface area contributed by atoms with Crippen molar-refractivity contribution in [3.8, 4) is 0 Å². The van der Waals surface area contributed by atoms with Gasteiger partial charge in [0, 0.05) is 23.2 Å². The van der Waals surface area contributed by atoms with Gasteiger partial charge in [-0.05, 0) is 31.5 Å². The highest BCUT2D eigenvalue weighted by Crippen LogP contribution is 2.36. The molecule has 0 aromatic heterocycles. The quantitative estimate of drug-likeness (QED) is 0.862. The van der Waals surface area contributed by atoms with E-state index >= 15 is 0 Å². The van der Waals surface area contributed by atoms with Gasteiger partial charge in [0.15, 0.2) is 0 Å². The third kappa shape index (κ3) is 4.98. The number of benzene rings is 1. The van der Waals surface area contributed by atoms with Crippen molar-refractivity contribution in [3.05, 3.63) is 28.8 Å². The average Bonchev–Trinajstić information content (AvgIpc) is 2.27. The molecule has 2 N–H and O–H groups in total. The van der Waals surface area contributed by atoms with E-state index in [2.05, 4.69) is 5.32 Å². The fraction of sp³-hybridized carbons (Fsp3) is 0.417. The molecule has 7 heteroatoms. The third-order valence-corrected chi connectivity index (χ3v) is 2.72. The van der Waals surface area contributed by atoms with Gasteiger partial charge in [-0.2, -0.15) is 13.2 Å². The van der Waals surface area contributed by atoms with Gasteiger partial charge in [-0.25, -0.2) is 0 Å². The summed E-state index contributed by atoms with van der Waals surface area (Å²) in [4.78, 5) is 10.4. The Balaban J connectivity index is 2.86. The summed E-state index contributed by atoms with van der Waals surface area (Å²) in [5.74, 6) is -0.985. The van der Waals surface area contributed by atoms with Gasteiger partial charge in [0.2, 0.25) is 0 Å². The van der Waals surface area contributed by atoms with Crippen LogP contribution in [0.25, 0.3) is 0 Å². The van der Waals surface area contributed by atoms with Crippen molar-refractivity contribution in [3.63, 3.8) is 0 Å². The molecule has 0 aliphatic heterocycles. The van der Waals surface area contributed by atoms with Crippen molar-refractivity contribution >= 4 is 23.3 Å². The normalized spacial score (nSPS) is 13.1. The topological polar surface area (TPSA) is 49.3 Å². The smallest absolute Gasteiger partial charge is 0.418 e. The van der Waals surface area contributed by atoms with Crippen LogP contribution >= 0.6 is 11.6 Å². The number of nitrogens with one attached hydrogen (secondary N) is 1. The Bertz CT molecular complexity index is 463. The van der Waals surface area contributed by atoms with Crippen LogP contribution in [0.1, 0.15) is 25.3 Å². The SMILES string of the molecule is CC(CCC(=O)O)Nc1ccc(Cl)cc1C(F)(F)F. The summed E-state index contributed by atoms with van der Waals surface area (Å²) in [7, 11) is 0. The van der Waals surface area contributed by atoms with Gasteiger partial charge in [-0.15, -0.1) is 0 Å². The molecule has 0 fully saturated rings. The first-order valence-corrected chi connectivity index (χ1v) is 5.93. The van der Waals surface area contributed by atoms with Crippen LogP contribution in [0.15, 0.2) is 18.2 Å². The zero-order valence-electron chi connectivity index (χ0n) is 10.1. The zero-order valence-corrected chi connectivity index (χ0v) is 10.8. The minimum atomic E-state index is -4.51. The molecule has 3 nitrogen and oxygen atoms in total. The molecular formula is C12H13ClF3NO2. The maximum Gasteiger partial charge on any atom is 0.418 e. The van der Waals surface area contributed by atoms with Gasteiger partial charge in [0.1, 0.15) is 0 Å². The van der Waals surface area contributed by atoms with E-state index in [1.807, 2.05) is 0 Å². The number of carboxylic acids is 1. The fourth-order valence-corrected chi connectivity index (χ4v) is 1.73. The molecule has 0 aliphatic rings. The first-order valence-electron chi connectivity index (χ1n) is 5.55. The highest BCUT2D eigenvalue weighted by Gasteiger charge is 2.34. The first kappa shape index (κ1) is 15.6. The summed E-state index contributed by atoms with van der Waals surface area (Å²) in [6.45, 7) is 1.62. The number of aliphatic carboxylic acids is 1. The van der Waals surface area contributed by atoms with Crippen LogP contribution in [0, 0.1) is 0 Å². The molecule has 1 unspecified atom stereocenters.